The quantitative estimate of drug-likeness (QED) is 0.732. The Labute approximate surface area is 148 Å². The van der Waals surface area contributed by atoms with Crippen LogP contribution in [0.2, 0.25) is 0 Å². The topological polar surface area (TPSA) is 100 Å². The van der Waals surface area contributed by atoms with Gasteiger partial charge in [-0.3, -0.25) is 5.32 Å². The maximum Gasteiger partial charge on any atom is 0.321 e. The summed E-state index contributed by atoms with van der Waals surface area (Å²) < 4.78 is 1.74. The second-order valence-electron chi connectivity index (χ2n) is 6.09. The standard InChI is InChI=1S/C15H18N8OS/c1-9-5-17-15(25-9)18-14(24)16-6-11-7-22(8-11)13-4-3-12-20-19-10(2)23(12)21-13/h3-5,11H,6-8H2,1-2H3,(H2,16,17,18,24). The lowest BCUT2D eigenvalue weighted by Gasteiger charge is -2.40. The molecule has 10 heteroatoms. The Morgan fingerprint density at radius 1 is 1.32 bits per heavy atom. The van der Waals surface area contributed by atoms with E-state index in [9.17, 15) is 4.79 Å². The van der Waals surface area contributed by atoms with E-state index < -0.39 is 0 Å². The maximum absolute atomic E-state index is 11.9. The van der Waals surface area contributed by atoms with Gasteiger partial charge in [0.2, 0.25) is 0 Å². The number of hydrogen-bond donors (Lipinski definition) is 2. The van der Waals surface area contributed by atoms with Crippen LogP contribution in [0.4, 0.5) is 15.7 Å². The second kappa shape index (κ2) is 6.28. The van der Waals surface area contributed by atoms with Gasteiger partial charge in [0.25, 0.3) is 0 Å². The van der Waals surface area contributed by atoms with Gasteiger partial charge in [-0.15, -0.1) is 26.6 Å². The number of anilines is 2. The van der Waals surface area contributed by atoms with Gasteiger partial charge in [-0.05, 0) is 26.0 Å². The summed E-state index contributed by atoms with van der Waals surface area (Å²) in [5, 5.41) is 18.9. The lowest BCUT2D eigenvalue weighted by Crippen LogP contribution is -2.52. The van der Waals surface area contributed by atoms with E-state index in [-0.39, 0.29) is 6.03 Å². The van der Waals surface area contributed by atoms with Gasteiger partial charge in [0, 0.05) is 36.6 Å². The molecular formula is C15H18N8OS. The average molecular weight is 358 g/mol. The fourth-order valence-electron chi connectivity index (χ4n) is 2.73. The lowest BCUT2D eigenvalue weighted by atomic mass is 10.0. The van der Waals surface area contributed by atoms with E-state index in [2.05, 4.69) is 35.8 Å². The number of amides is 2. The third-order valence-corrected chi connectivity index (χ3v) is 4.91. The third kappa shape index (κ3) is 3.25. The first-order valence-electron chi connectivity index (χ1n) is 8.00. The van der Waals surface area contributed by atoms with E-state index in [0.717, 1.165) is 35.3 Å². The summed E-state index contributed by atoms with van der Waals surface area (Å²) in [5.41, 5.74) is 0.745. The van der Waals surface area contributed by atoms with Crippen molar-refractivity contribution in [1.29, 1.82) is 0 Å². The van der Waals surface area contributed by atoms with Crippen molar-refractivity contribution in [3.63, 3.8) is 0 Å². The number of hydrogen-bond acceptors (Lipinski definition) is 7. The van der Waals surface area contributed by atoms with Crippen molar-refractivity contribution in [3.05, 3.63) is 29.0 Å². The molecule has 9 nitrogen and oxygen atoms in total. The summed E-state index contributed by atoms with van der Waals surface area (Å²) in [5.74, 6) is 2.07. The number of aromatic nitrogens is 5. The van der Waals surface area contributed by atoms with Crippen LogP contribution in [0.15, 0.2) is 18.3 Å². The van der Waals surface area contributed by atoms with Gasteiger partial charge in [0.15, 0.2) is 16.6 Å². The first-order chi connectivity index (χ1) is 12.1. The Bertz CT molecular complexity index is 913. The highest BCUT2D eigenvalue weighted by molar-refractivity contribution is 7.15. The molecule has 0 aromatic carbocycles. The highest BCUT2D eigenvalue weighted by Gasteiger charge is 2.28. The monoisotopic (exact) mass is 358 g/mol. The fraction of sp³-hybridized carbons (Fsp3) is 0.400. The summed E-state index contributed by atoms with van der Waals surface area (Å²) in [6, 6.07) is 3.65. The summed E-state index contributed by atoms with van der Waals surface area (Å²) in [6.07, 6.45) is 1.74. The van der Waals surface area contributed by atoms with Crippen LogP contribution < -0.4 is 15.5 Å². The van der Waals surface area contributed by atoms with Crippen molar-refractivity contribution in [2.45, 2.75) is 13.8 Å². The molecule has 25 heavy (non-hydrogen) atoms. The Hall–Kier alpha value is -2.75. The number of carbonyl (C=O) groups excluding carboxylic acids is 1. The van der Waals surface area contributed by atoms with Crippen LogP contribution >= 0.6 is 11.3 Å². The number of fused-ring (bicyclic) bond motifs is 1. The predicted molar refractivity (Wildman–Crippen MR) is 95.1 cm³/mol. The molecule has 0 bridgehead atoms. The first kappa shape index (κ1) is 15.8. The average Bonchev–Trinajstić information content (AvgIpc) is 3.12. The molecule has 0 unspecified atom stereocenters. The zero-order valence-electron chi connectivity index (χ0n) is 13.9. The van der Waals surface area contributed by atoms with Gasteiger partial charge in [-0.1, -0.05) is 0 Å². The smallest absolute Gasteiger partial charge is 0.321 e. The van der Waals surface area contributed by atoms with Crippen molar-refractivity contribution in [2.75, 3.05) is 29.9 Å². The molecule has 1 aliphatic rings. The number of nitrogens with one attached hydrogen (secondary N) is 2. The molecule has 0 radical (unpaired) electrons. The van der Waals surface area contributed by atoms with Crippen LogP contribution in [0.25, 0.3) is 5.65 Å². The van der Waals surface area contributed by atoms with Crippen molar-refractivity contribution < 1.29 is 4.79 Å². The van der Waals surface area contributed by atoms with Crippen LogP contribution in [0.5, 0.6) is 0 Å². The zero-order chi connectivity index (χ0) is 17.4. The Morgan fingerprint density at radius 3 is 2.92 bits per heavy atom. The molecule has 1 aliphatic heterocycles. The van der Waals surface area contributed by atoms with Crippen LogP contribution in [-0.4, -0.2) is 50.5 Å². The highest BCUT2D eigenvalue weighted by Crippen LogP contribution is 2.22. The highest BCUT2D eigenvalue weighted by atomic mass is 32.1. The molecule has 0 aliphatic carbocycles. The normalized spacial score (nSPS) is 14.6. The molecule has 130 valence electrons. The Balaban J connectivity index is 1.27. The minimum Gasteiger partial charge on any atom is -0.354 e. The Kier molecular flexibility index (Phi) is 3.96. The van der Waals surface area contributed by atoms with Crippen molar-refractivity contribution >= 4 is 34.0 Å². The summed E-state index contributed by atoms with van der Waals surface area (Å²) in [4.78, 5) is 19.2. The van der Waals surface area contributed by atoms with Crippen LogP contribution in [0, 0.1) is 19.8 Å². The summed E-state index contributed by atoms with van der Waals surface area (Å²) in [7, 11) is 0. The summed E-state index contributed by atoms with van der Waals surface area (Å²) in [6.45, 7) is 6.17. The minimum absolute atomic E-state index is 0.215. The molecule has 1 fully saturated rings. The number of rotatable bonds is 4. The van der Waals surface area contributed by atoms with Crippen LogP contribution in [-0.2, 0) is 0 Å². The van der Waals surface area contributed by atoms with Gasteiger partial charge >= 0.3 is 6.03 Å². The first-order valence-corrected chi connectivity index (χ1v) is 8.81. The molecule has 4 heterocycles. The lowest BCUT2D eigenvalue weighted by molar-refractivity contribution is 0.248. The van der Waals surface area contributed by atoms with E-state index in [4.69, 9.17) is 0 Å². The third-order valence-electron chi connectivity index (χ3n) is 4.08. The molecule has 1 saturated heterocycles. The van der Waals surface area contributed by atoms with Crippen LogP contribution in [0.1, 0.15) is 10.7 Å². The van der Waals surface area contributed by atoms with Crippen molar-refractivity contribution in [1.82, 2.24) is 30.1 Å². The predicted octanol–water partition coefficient (Wildman–Crippen LogP) is 1.46. The van der Waals surface area contributed by atoms with Gasteiger partial charge in [0.05, 0.1) is 0 Å². The molecule has 2 amide bonds. The van der Waals surface area contributed by atoms with Crippen molar-refractivity contribution in [2.24, 2.45) is 5.92 Å². The minimum atomic E-state index is -0.215. The zero-order valence-corrected chi connectivity index (χ0v) is 14.7. The molecule has 0 atom stereocenters. The second-order valence-corrected chi connectivity index (χ2v) is 7.33. The molecule has 2 N–H and O–H groups in total. The number of thiazole rings is 1. The van der Waals surface area contributed by atoms with Gasteiger partial charge in [0.1, 0.15) is 5.82 Å². The van der Waals surface area contributed by atoms with Gasteiger partial charge in [-0.2, -0.15) is 4.52 Å². The van der Waals surface area contributed by atoms with E-state index >= 15 is 0 Å². The number of aryl methyl sites for hydroxylation is 2. The molecular weight excluding hydrogens is 340 g/mol. The molecule has 3 aromatic rings. The van der Waals surface area contributed by atoms with Gasteiger partial charge in [-0.25, -0.2) is 9.78 Å². The fourth-order valence-corrected chi connectivity index (χ4v) is 3.39. The summed E-state index contributed by atoms with van der Waals surface area (Å²) >= 11 is 1.46. The molecule has 3 aromatic heterocycles. The van der Waals surface area contributed by atoms with E-state index in [1.807, 2.05) is 26.0 Å². The van der Waals surface area contributed by atoms with Crippen molar-refractivity contribution in [3.8, 4) is 0 Å². The molecule has 0 saturated carbocycles. The van der Waals surface area contributed by atoms with E-state index in [0.29, 0.717) is 17.6 Å². The SMILES string of the molecule is Cc1cnc(NC(=O)NCC2CN(c3ccc4nnc(C)n4n3)C2)s1. The van der Waals surface area contributed by atoms with Gasteiger partial charge < -0.3 is 10.2 Å². The maximum atomic E-state index is 11.9. The van der Waals surface area contributed by atoms with Crippen LogP contribution in [0.3, 0.4) is 0 Å². The molecule has 4 rings (SSSR count). The number of urea groups is 1. The van der Waals surface area contributed by atoms with E-state index in [1.54, 1.807) is 10.7 Å². The molecule has 0 spiro atoms. The van der Waals surface area contributed by atoms with E-state index in [1.165, 1.54) is 11.3 Å². The number of carbonyl (C=O) groups is 1. The largest absolute Gasteiger partial charge is 0.354 e. The Morgan fingerprint density at radius 2 is 2.16 bits per heavy atom. The number of nitrogens with zero attached hydrogens (tertiary/aromatic N) is 6.